The molecule has 1 aliphatic rings. The molecule has 0 spiro atoms. The zero-order valence-electron chi connectivity index (χ0n) is 15.8. The molecule has 1 amide bonds. The summed E-state index contributed by atoms with van der Waals surface area (Å²) in [7, 11) is 0. The molecule has 0 saturated carbocycles. The first-order chi connectivity index (χ1) is 13.5. The number of aromatic nitrogens is 4. The van der Waals surface area contributed by atoms with Crippen molar-refractivity contribution in [3.63, 3.8) is 0 Å². The van der Waals surface area contributed by atoms with Gasteiger partial charge < -0.3 is 15.7 Å². The number of tetrazole rings is 1. The van der Waals surface area contributed by atoms with Gasteiger partial charge >= 0.3 is 0 Å². The highest BCUT2D eigenvalue weighted by Crippen LogP contribution is 2.35. The first kappa shape index (κ1) is 17.7. The number of hydrogen-bond acceptors (Lipinski definition) is 6. The molecule has 0 saturated heterocycles. The van der Waals surface area contributed by atoms with E-state index < -0.39 is 6.04 Å². The Hall–Kier alpha value is -3.68. The van der Waals surface area contributed by atoms with Crippen molar-refractivity contribution in [3.05, 3.63) is 70.4 Å². The second kappa shape index (κ2) is 6.80. The maximum atomic E-state index is 13.3. The Morgan fingerprint density at radius 1 is 1.14 bits per heavy atom. The van der Waals surface area contributed by atoms with Crippen LogP contribution < -0.4 is 10.6 Å². The molecule has 1 aromatic heterocycles. The number of fused-ring (bicyclic) bond motifs is 1. The number of benzene rings is 2. The summed E-state index contributed by atoms with van der Waals surface area (Å²) in [4.78, 5) is 13.3. The summed E-state index contributed by atoms with van der Waals surface area (Å²) in [6.45, 7) is 5.80. The van der Waals surface area contributed by atoms with Gasteiger partial charge in [-0.25, -0.2) is 0 Å². The molecule has 2 heterocycles. The number of amides is 1. The van der Waals surface area contributed by atoms with Crippen LogP contribution in [0.3, 0.4) is 0 Å². The van der Waals surface area contributed by atoms with Gasteiger partial charge in [0.05, 0.1) is 5.57 Å². The molecular formula is C20H20N6O2. The van der Waals surface area contributed by atoms with Gasteiger partial charge in [-0.15, -0.1) is 0 Å². The lowest BCUT2D eigenvalue weighted by Gasteiger charge is -2.28. The third-order valence-corrected chi connectivity index (χ3v) is 5.02. The Kier molecular flexibility index (Phi) is 4.31. The van der Waals surface area contributed by atoms with Gasteiger partial charge in [0.1, 0.15) is 11.8 Å². The van der Waals surface area contributed by atoms with Crippen LogP contribution in [0.15, 0.2) is 53.7 Å². The van der Waals surface area contributed by atoms with Crippen molar-refractivity contribution in [3.8, 4) is 5.75 Å². The summed E-state index contributed by atoms with van der Waals surface area (Å²) in [6.07, 6.45) is 0. The van der Waals surface area contributed by atoms with E-state index in [0.29, 0.717) is 17.2 Å². The molecule has 8 nitrogen and oxygen atoms in total. The van der Waals surface area contributed by atoms with Gasteiger partial charge in [-0.3, -0.25) is 4.79 Å². The van der Waals surface area contributed by atoms with Crippen LogP contribution in [0.2, 0.25) is 0 Å². The topological polar surface area (TPSA) is 105 Å². The van der Waals surface area contributed by atoms with Crippen molar-refractivity contribution in [2.24, 2.45) is 0 Å². The second-order valence-corrected chi connectivity index (χ2v) is 6.81. The fourth-order valence-electron chi connectivity index (χ4n) is 3.35. The van der Waals surface area contributed by atoms with Crippen molar-refractivity contribution >= 4 is 17.5 Å². The van der Waals surface area contributed by atoms with Gasteiger partial charge in [-0.2, -0.15) is 4.68 Å². The average molecular weight is 376 g/mol. The molecule has 3 N–H and O–H groups in total. The van der Waals surface area contributed by atoms with Crippen molar-refractivity contribution in [1.82, 2.24) is 20.2 Å². The molecule has 0 radical (unpaired) electrons. The first-order valence-corrected chi connectivity index (χ1v) is 8.88. The van der Waals surface area contributed by atoms with Crippen LogP contribution in [0.5, 0.6) is 5.75 Å². The molecule has 1 atom stereocenters. The quantitative estimate of drug-likeness (QED) is 0.649. The summed E-state index contributed by atoms with van der Waals surface area (Å²) in [5, 5.41) is 27.5. The lowest BCUT2D eigenvalue weighted by atomic mass is 9.94. The lowest BCUT2D eigenvalue weighted by Crippen LogP contribution is -2.31. The second-order valence-electron chi connectivity index (χ2n) is 6.81. The average Bonchev–Trinajstić information content (AvgIpc) is 3.13. The van der Waals surface area contributed by atoms with E-state index in [4.69, 9.17) is 0 Å². The number of aryl methyl sites for hydroxylation is 1. The molecular weight excluding hydrogens is 356 g/mol. The zero-order chi connectivity index (χ0) is 19.8. The smallest absolute Gasteiger partial charge is 0.255 e. The number of carbonyl (C=O) groups excluding carboxylic acids is 1. The van der Waals surface area contributed by atoms with Gasteiger partial charge in [0, 0.05) is 11.4 Å². The zero-order valence-corrected chi connectivity index (χ0v) is 15.8. The number of phenolic OH excluding ortho intramolecular Hbond substituents is 1. The van der Waals surface area contributed by atoms with Crippen LogP contribution >= 0.6 is 0 Å². The van der Waals surface area contributed by atoms with Gasteiger partial charge in [-0.1, -0.05) is 29.4 Å². The molecule has 28 heavy (non-hydrogen) atoms. The number of hydrogen-bond donors (Lipinski definition) is 3. The number of anilines is 2. The Labute approximate surface area is 161 Å². The molecule has 0 bridgehead atoms. The van der Waals surface area contributed by atoms with Crippen LogP contribution in [0.25, 0.3) is 0 Å². The van der Waals surface area contributed by atoms with Crippen LogP contribution in [0, 0.1) is 13.8 Å². The van der Waals surface area contributed by atoms with Gasteiger partial charge in [0.15, 0.2) is 0 Å². The molecule has 8 heteroatoms. The maximum Gasteiger partial charge on any atom is 0.255 e. The largest absolute Gasteiger partial charge is 0.508 e. The summed E-state index contributed by atoms with van der Waals surface area (Å²) < 4.78 is 1.57. The number of allylic oxidation sites excluding steroid dienone is 1. The van der Waals surface area contributed by atoms with Crippen LogP contribution in [-0.4, -0.2) is 31.2 Å². The van der Waals surface area contributed by atoms with E-state index in [-0.39, 0.29) is 11.7 Å². The molecule has 4 rings (SSSR count). The number of nitrogens with zero attached hydrogens (tertiary/aromatic N) is 4. The molecule has 2 aromatic carbocycles. The highest BCUT2D eigenvalue weighted by Gasteiger charge is 2.34. The van der Waals surface area contributed by atoms with Crippen molar-refractivity contribution in [1.29, 1.82) is 0 Å². The number of carbonyl (C=O) groups is 1. The van der Waals surface area contributed by atoms with E-state index in [1.807, 2.05) is 39.0 Å². The van der Waals surface area contributed by atoms with Crippen molar-refractivity contribution in [2.45, 2.75) is 26.8 Å². The fraction of sp³-hybridized carbons (Fsp3) is 0.200. The molecule has 3 aromatic rings. The SMILES string of the molecule is CC1=C(C(=O)Nc2cccc(C)c2C)C(c2ccc(O)cc2)n2nnnc2N1. The minimum absolute atomic E-state index is 0.150. The van der Waals surface area contributed by atoms with E-state index in [1.165, 1.54) is 0 Å². The molecule has 0 aliphatic carbocycles. The Morgan fingerprint density at radius 3 is 2.64 bits per heavy atom. The maximum absolute atomic E-state index is 13.3. The van der Waals surface area contributed by atoms with E-state index in [0.717, 1.165) is 22.4 Å². The van der Waals surface area contributed by atoms with E-state index in [1.54, 1.807) is 28.9 Å². The van der Waals surface area contributed by atoms with Crippen molar-refractivity contribution < 1.29 is 9.90 Å². The Balaban J connectivity index is 1.77. The number of rotatable bonds is 3. The lowest BCUT2D eigenvalue weighted by molar-refractivity contribution is -0.113. The van der Waals surface area contributed by atoms with Crippen LogP contribution in [-0.2, 0) is 4.79 Å². The third-order valence-electron chi connectivity index (χ3n) is 5.02. The van der Waals surface area contributed by atoms with Crippen LogP contribution in [0.1, 0.15) is 29.7 Å². The normalized spacial score (nSPS) is 15.8. The van der Waals surface area contributed by atoms with Gasteiger partial charge in [0.25, 0.3) is 5.91 Å². The van der Waals surface area contributed by atoms with Crippen LogP contribution in [0.4, 0.5) is 11.6 Å². The molecule has 142 valence electrons. The number of nitrogens with one attached hydrogen (secondary N) is 2. The first-order valence-electron chi connectivity index (χ1n) is 8.88. The minimum Gasteiger partial charge on any atom is -0.508 e. The Bertz CT molecular complexity index is 1080. The van der Waals surface area contributed by atoms with E-state index in [2.05, 4.69) is 26.2 Å². The Morgan fingerprint density at radius 2 is 1.89 bits per heavy atom. The standard InChI is InChI=1S/C20H20N6O2/c1-11-5-4-6-16(12(11)2)22-19(28)17-13(3)21-20-23-24-25-26(20)18(17)14-7-9-15(27)10-8-14/h4-10,18,27H,1-3H3,(H,22,28)(H,21,23,25). The number of aromatic hydroxyl groups is 1. The monoisotopic (exact) mass is 376 g/mol. The molecule has 1 unspecified atom stereocenters. The fourth-order valence-corrected chi connectivity index (χ4v) is 3.35. The van der Waals surface area contributed by atoms with E-state index in [9.17, 15) is 9.90 Å². The summed E-state index contributed by atoms with van der Waals surface area (Å²) >= 11 is 0. The highest BCUT2D eigenvalue weighted by atomic mass is 16.3. The number of phenols is 1. The minimum atomic E-state index is -0.517. The predicted octanol–water partition coefficient (Wildman–Crippen LogP) is 2.92. The summed E-state index contributed by atoms with van der Waals surface area (Å²) in [5.41, 5.74) is 4.84. The molecule has 0 fully saturated rings. The predicted molar refractivity (Wildman–Crippen MR) is 105 cm³/mol. The van der Waals surface area contributed by atoms with Gasteiger partial charge in [-0.05, 0) is 66.1 Å². The molecule has 1 aliphatic heterocycles. The summed E-state index contributed by atoms with van der Waals surface area (Å²) in [5.74, 6) is 0.369. The third kappa shape index (κ3) is 2.98. The van der Waals surface area contributed by atoms with Gasteiger partial charge in [0.2, 0.25) is 5.95 Å². The highest BCUT2D eigenvalue weighted by molar-refractivity contribution is 6.06. The van der Waals surface area contributed by atoms with E-state index >= 15 is 0 Å². The van der Waals surface area contributed by atoms with Crippen molar-refractivity contribution in [2.75, 3.05) is 10.6 Å². The summed E-state index contributed by atoms with van der Waals surface area (Å²) in [6, 6.07) is 12.0.